The minimum absolute atomic E-state index is 0.0591. The average molecular weight is 247 g/mol. The second-order valence-electron chi connectivity index (χ2n) is 5.02. The van der Waals surface area contributed by atoms with Crippen molar-refractivity contribution in [2.75, 3.05) is 25.1 Å². The molecule has 3 nitrogen and oxygen atoms in total. The highest BCUT2D eigenvalue weighted by molar-refractivity contribution is 5.73. The highest BCUT2D eigenvalue weighted by Crippen LogP contribution is 2.29. The number of aryl methyl sites for hydroxylation is 2. The number of benzene rings is 1. The largest absolute Gasteiger partial charge is 0.469 e. The predicted octanol–water partition coefficient (Wildman–Crippen LogP) is 2.69. The van der Waals surface area contributed by atoms with Crippen molar-refractivity contribution >= 4 is 11.7 Å². The molecule has 0 N–H and O–H groups in total. The third-order valence-electron chi connectivity index (χ3n) is 3.79. The quantitative estimate of drug-likeness (QED) is 0.753. The lowest BCUT2D eigenvalue weighted by Gasteiger charge is -2.34. The van der Waals surface area contributed by atoms with E-state index >= 15 is 0 Å². The van der Waals surface area contributed by atoms with Gasteiger partial charge in [-0.05, 0) is 37.8 Å². The number of hydrogen-bond donors (Lipinski definition) is 0. The molecule has 1 aliphatic heterocycles. The van der Waals surface area contributed by atoms with Crippen molar-refractivity contribution in [1.82, 2.24) is 0 Å². The number of rotatable bonds is 2. The predicted molar refractivity (Wildman–Crippen MR) is 72.9 cm³/mol. The molecular weight excluding hydrogens is 226 g/mol. The Morgan fingerprint density at radius 3 is 2.28 bits per heavy atom. The fourth-order valence-corrected chi connectivity index (χ4v) is 2.81. The standard InChI is InChI=1S/C15H21NO2/c1-11-5-4-6-12(2)14(11)16-9-7-13(8-10-16)15(17)18-3/h4-6,13H,7-10H2,1-3H3. The summed E-state index contributed by atoms with van der Waals surface area (Å²) in [6, 6.07) is 6.39. The van der Waals surface area contributed by atoms with Gasteiger partial charge in [-0.1, -0.05) is 18.2 Å². The number of piperidine rings is 1. The fraction of sp³-hybridized carbons (Fsp3) is 0.533. The number of carbonyl (C=O) groups excluding carboxylic acids is 1. The van der Waals surface area contributed by atoms with Crippen LogP contribution in [0, 0.1) is 19.8 Å². The van der Waals surface area contributed by atoms with Crippen LogP contribution in [0.3, 0.4) is 0 Å². The third-order valence-corrected chi connectivity index (χ3v) is 3.79. The summed E-state index contributed by atoms with van der Waals surface area (Å²) in [6.45, 7) is 6.17. The van der Waals surface area contributed by atoms with E-state index in [1.165, 1.54) is 23.9 Å². The van der Waals surface area contributed by atoms with E-state index in [9.17, 15) is 4.79 Å². The third kappa shape index (κ3) is 2.50. The molecule has 0 aliphatic carbocycles. The molecule has 98 valence electrons. The van der Waals surface area contributed by atoms with Crippen molar-refractivity contribution in [2.24, 2.45) is 5.92 Å². The molecule has 0 saturated carbocycles. The van der Waals surface area contributed by atoms with Gasteiger partial charge in [0.2, 0.25) is 0 Å². The first kappa shape index (κ1) is 12.9. The first-order valence-electron chi connectivity index (χ1n) is 6.52. The molecule has 2 rings (SSSR count). The van der Waals surface area contributed by atoms with Crippen LogP contribution in [0.5, 0.6) is 0 Å². The van der Waals surface area contributed by atoms with Gasteiger partial charge in [0, 0.05) is 18.8 Å². The molecule has 0 aromatic heterocycles. The van der Waals surface area contributed by atoms with E-state index in [2.05, 4.69) is 36.9 Å². The van der Waals surface area contributed by atoms with Gasteiger partial charge in [0.25, 0.3) is 0 Å². The lowest BCUT2D eigenvalue weighted by Crippen LogP contribution is -2.37. The Balaban J connectivity index is 2.08. The lowest BCUT2D eigenvalue weighted by atomic mass is 9.95. The normalized spacial score (nSPS) is 16.7. The molecule has 0 bridgehead atoms. The first-order chi connectivity index (χ1) is 8.63. The zero-order valence-corrected chi connectivity index (χ0v) is 11.4. The van der Waals surface area contributed by atoms with Crippen LogP contribution in [0.4, 0.5) is 5.69 Å². The Labute approximate surface area is 109 Å². The minimum atomic E-state index is -0.0591. The van der Waals surface area contributed by atoms with Crippen molar-refractivity contribution in [3.63, 3.8) is 0 Å². The zero-order chi connectivity index (χ0) is 13.1. The van der Waals surface area contributed by atoms with E-state index in [1.54, 1.807) is 0 Å². The average Bonchev–Trinajstić information content (AvgIpc) is 2.38. The maximum absolute atomic E-state index is 11.5. The Bertz CT molecular complexity index is 414. The summed E-state index contributed by atoms with van der Waals surface area (Å²) in [5.41, 5.74) is 3.96. The summed E-state index contributed by atoms with van der Waals surface area (Å²) in [5.74, 6) is 0.0201. The van der Waals surface area contributed by atoms with Crippen molar-refractivity contribution in [3.8, 4) is 0 Å². The van der Waals surface area contributed by atoms with Gasteiger partial charge in [0.05, 0.1) is 13.0 Å². The van der Waals surface area contributed by atoms with Gasteiger partial charge in [0.15, 0.2) is 0 Å². The van der Waals surface area contributed by atoms with Gasteiger partial charge in [-0.3, -0.25) is 4.79 Å². The highest BCUT2D eigenvalue weighted by atomic mass is 16.5. The summed E-state index contributed by atoms with van der Waals surface area (Å²) in [6.07, 6.45) is 1.78. The molecule has 1 saturated heterocycles. The Hall–Kier alpha value is -1.51. The van der Waals surface area contributed by atoms with Crippen LogP contribution in [0.2, 0.25) is 0 Å². The van der Waals surface area contributed by atoms with Crippen molar-refractivity contribution in [2.45, 2.75) is 26.7 Å². The smallest absolute Gasteiger partial charge is 0.308 e. The van der Waals surface area contributed by atoms with Gasteiger partial charge >= 0.3 is 5.97 Å². The zero-order valence-electron chi connectivity index (χ0n) is 11.4. The number of nitrogens with zero attached hydrogens (tertiary/aromatic N) is 1. The highest BCUT2D eigenvalue weighted by Gasteiger charge is 2.26. The van der Waals surface area contributed by atoms with Crippen LogP contribution in [0.15, 0.2) is 18.2 Å². The maximum atomic E-state index is 11.5. The lowest BCUT2D eigenvalue weighted by molar-refractivity contribution is -0.146. The fourth-order valence-electron chi connectivity index (χ4n) is 2.81. The van der Waals surface area contributed by atoms with Gasteiger partial charge < -0.3 is 9.64 Å². The molecule has 18 heavy (non-hydrogen) atoms. The van der Waals surface area contributed by atoms with Gasteiger partial charge in [-0.2, -0.15) is 0 Å². The number of para-hydroxylation sites is 1. The second-order valence-corrected chi connectivity index (χ2v) is 5.02. The number of methoxy groups -OCH3 is 1. The molecule has 0 radical (unpaired) electrons. The Morgan fingerprint density at radius 2 is 1.78 bits per heavy atom. The van der Waals surface area contributed by atoms with E-state index in [1.807, 2.05) is 0 Å². The summed E-state index contributed by atoms with van der Waals surface area (Å²) in [7, 11) is 1.47. The summed E-state index contributed by atoms with van der Waals surface area (Å²) >= 11 is 0. The molecule has 1 fully saturated rings. The molecule has 0 amide bonds. The molecule has 0 spiro atoms. The molecule has 3 heteroatoms. The molecular formula is C15H21NO2. The number of esters is 1. The van der Waals surface area contributed by atoms with Gasteiger partial charge in [0.1, 0.15) is 0 Å². The molecule has 0 atom stereocenters. The van der Waals surface area contributed by atoms with Crippen LogP contribution in [0.1, 0.15) is 24.0 Å². The monoisotopic (exact) mass is 247 g/mol. The van der Waals surface area contributed by atoms with Crippen LogP contribution < -0.4 is 4.90 Å². The molecule has 0 unspecified atom stereocenters. The molecule has 1 heterocycles. The number of ether oxygens (including phenoxy) is 1. The Morgan fingerprint density at radius 1 is 1.22 bits per heavy atom. The number of anilines is 1. The van der Waals surface area contributed by atoms with E-state index in [-0.39, 0.29) is 11.9 Å². The molecule has 1 aromatic carbocycles. The van der Waals surface area contributed by atoms with Crippen LogP contribution in [-0.2, 0) is 9.53 Å². The van der Waals surface area contributed by atoms with E-state index in [0.29, 0.717) is 0 Å². The summed E-state index contributed by atoms with van der Waals surface area (Å²) in [4.78, 5) is 13.9. The minimum Gasteiger partial charge on any atom is -0.469 e. The van der Waals surface area contributed by atoms with Crippen molar-refractivity contribution < 1.29 is 9.53 Å². The number of hydrogen-bond acceptors (Lipinski definition) is 3. The van der Waals surface area contributed by atoms with Crippen molar-refractivity contribution in [1.29, 1.82) is 0 Å². The van der Waals surface area contributed by atoms with Gasteiger partial charge in [-0.25, -0.2) is 0 Å². The van der Waals surface area contributed by atoms with Crippen LogP contribution in [-0.4, -0.2) is 26.2 Å². The SMILES string of the molecule is COC(=O)C1CCN(c2c(C)cccc2C)CC1. The van der Waals surface area contributed by atoms with E-state index in [0.717, 1.165) is 25.9 Å². The van der Waals surface area contributed by atoms with Crippen LogP contribution >= 0.6 is 0 Å². The Kier molecular flexibility index (Phi) is 3.90. The van der Waals surface area contributed by atoms with Crippen molar-refractivity contribution in [3.05, 3.63) is 29.3 Å². The second kappa shape index (κ2) is 5.42. The summed E-state index contributed by atoms with van der Waals surface area (Å²) < 4.78 is 4.82. The maximum Gasteiger partial charge on any atom is 0.308 e. The van der Waals surface area contributed by atoms with Crippen LogP contribution in [0.25, 0.3) is 0 Å². The first-order valence-corrected chi connectivity index (χ1v) is 6.52. The molecule has 1 aromatic rings. The van der Waals surface area contributed by atoms with E-state index < -0.39 is 0 Å². The molecule has 1 aliphatic rings. The van der Waals surface area contributed by atoms with E-state index in [4.69, 9.17) is 4.74 Å². The van der Waals surface area contributed by atoms with Gasteiger partial charge in [-0.15, -0.1) is 0 Å². The topological polar surface area (TPSA) is 29.5 Å². The number of carbonyl (C=O) groups is 1. The summed E-state index contributed by atoms with van der Waals surface area (Å²) in [5, 5.41) is 0.